The molecule has 0 amide bonds. The summed E-state index contributed by atoms with van der Waals surface area (Å²) < 4.78 is 2.44. The minimum absolute atomic E-state index is 0. The molecule has 0 spiro atoms. The fourth-order valence-corrected chi connectivity index (χ4v) is 1.30. The maximum atomic E-state index is 2.44. The van der Waals surface area contributed by atoms with Gasteiger partial charge >= 0.3 is 0 Å². The quantitative estimate of drug-likeness (QED) is 0.378. The predicted molar refractivity (Wildman–Crippen MR) is 35.6 cm³/mol. The van der Waals surface area contributed by atoms with E-state index in [4.69, 9.17) is 0 Å². The molecule has 0 saturated heterocycles. The van der Waals surface area contributed by atoms with Gasteiger partial charge in [-0.2, -0.15) is 0 Å². The van der Waals surface area contributed by atoms with Crippen molar-refractivity contribution in [3.63, 3.8) is 0 Å². The van der Waals surface area contributed by atoms with E-state index < -0.39 is 0 Å². The molecule has 1 heterocycles. The van der Waals surface area contributed by atoms with Crippen LogP contribution in [0.25, 0.3) is 0 Å². The zero-order valence-electron chi connectivity index (χ0n) is 6.15. The number of hydrogen-bond donors (Lipinski definition) is 0. The Kier molecular flexibility index (Phi) is 4.44. The molecule has 0 saturated carbocycles. The van der Waals surface area contributed by atoms with Crippen LogP contribution in [0, 0.1) is 0 Å². The van der Waals surface area contributed by atoms with Crippen molar-refractivity contribution in [2.75, 3.05) is 13.1 Å². The highest BCUT2D eigenvalue weighted by Gasteiger charge is 2.14. The Balaban J connectivity index is 0.000000640. The molecule has 0 aliphatic carbocycles. The normalized spacial score (nSPS) is 18.0. The van der Waals surface area contributed by atoms with Crippen molar-refractivity contribution in [2.45, 2.75) is 26.7 Å². The van der Waals surface area contributed by atoms with Gasteiger partial charge in [-0.3, -0.25) is 0 Å². The molecule has 0 bridgehead atoms. The van der Waals surface area contributed by atoms with Gasteiger partial charge in [0.25, 0.3) is 0 Å². The molecule has 1 aliphatic rings. The average molecular weight is 239 g/mol. The molecule has 1 rings (SSSR count). The van der Waals surface area contributed by atoms with Crippen molar-refractivity contribution in [3.8, 4) is 0 Å². The van der Waals surface area contributed by atoms with Crippen LogP contribution < -0.4 is 24.0 Å². The average Bonchev–Trinajstić information content (AvgIpc) is 2.14. The standard InChI is InChI=1S/C7H14N.HI/c1-3-8-6-4-5-7(8)2;/h3-6H2,1-2H3;1H/q+1;/p-1. The van der Waals surface area contributed by atoms with Gasteiger partial charge in [-0.25, -0.2) is 4.58 Å². The summed E-state index contributed by atoms with van der Waals surface area (Å²) in [6, 6.07) is 0. The van der Waals surface area contributed by atoms with Crippen molar-refractivity contribution in [1.29, 1.82) is 0 Å². The first-order chi connectivity index (χ1) is 3.84. The monoisotopic (exact) mass is 239 g/mol. The lowest BCUT2D eigenvalue weighted by Gasteiger charge is -1.90. The second kappa shape index (κ2) is 4.25. The van der Waals surface area contributed by atoms with Gasteiger partial charge < -0.3 is 24.0 Å². The van der Waals surface area contributed by atoms with Crippen LogP contribution in [0.3, 0.4) is 0 Å². The van der Waals surface area contributed by atoms with E-state index in [9.17, 15) is 0 Å². The predicted octanol–water partition coefficient (Wildman–Crippen LogP) is -1.72. The lowest BCUT2D eigenvalue weighted by atomic mass is 10.3. The molecule has 0 aromatic carbocycles. The Morgan fingerprint density at radius 1 is 1.56 bits per heavy atom. The topological polar surface area (TPSA) is 3.01 Å². The molecule has 0 radical (unpaired) electrons. The minimum atomic E-state index is 0. The summed E-state index contributed by atoms with van der Waals surface area (Å²) >= 11 is 0. The largest absolute Gasteiger partial charge is 1.00 e. The maximum Gasteiger partial charge on any atom is 0.149 e. The lowest BCUT2D eigenvalue weighted by molar-refractivity contribution is -0.516. The van der Waals surface area contributed by atoms with Crippen molar-refractivity contribution in [2.24, 2.45) is 0 Å². The fraction of sp³-hybridized carbons (Fsp3) is 0.857. The molecule has 1 aliphatic heterocycles. The third kappa shape index (κ3) is 2.24. The Hall–Kier alpha value is 0.400. The molecule has 0 aromatic heterocycles. The zero-order chi connectivity index (χ0) is 5.98. The number of halogens is 1. The van der Waals surface area contributed by atoms with E-state index in [1.165, 1.54) is 25.9 Å². The molecular weight excluding hydrogens is 225 g/mol. The van der Waals surface area contributed by atoms with Crippen molar-refractivity contribution >= 4 is 5.71 Å². The van der Waals surface area contributed by atoms with Crippen LogP contribution in [0.5, 0.6) is 0 Å². The van der Waals surface area contributed by atoms with E-state index in [1.54, 1.807) is 5.71 Å². The summed E-state index contributed by atoms with van der Waals surface area (Å²) in [6.45, 7) is 6.94. The van der Waals surface area contributed by atoms with Gasteiger partial charge in [-0.15, -0.1) is 0 Å². The van der Waals surface area contributed by atoms with Crippen LogP contribution in [-0.2, 0) is 0 Å². The van der Waals surface area contributed by atoms with Gasteiger partial charge in [0.1, 0.15) is 18.8 Å². The van der Waals surface area contributed by atoms with Gasteiger partial charge in [0.15, 0.2) is 0 Å². The molecule has 0 unspecified atom stereocenters. The fourth-order valence-electron chi connectivity index (χ4n) is 1.30. The zero-order valence-corrected chi connectivity index (χ0v) is 8.31. The summed E-state index contributed by atoms with van der Waals surface area (Å²) in [5.41, 5.74) is 1.58. The van der Waals surface area contributed by atoms with Crippen LogP contribution in [-0.4, -0.2) is 23.4 Å². The highest BCUT2D eigenvalue weighted by atomic mass is 127. The third-order valence-corrected chi connectivity index (χ3v) is 1.89. The van der Waals surface area contributed by atoms with Gasteiger partial charge in [0.2, 0.25) is 0 Å². The highest BCUT2D eigenvalue weighted by Crippen LogP contribution is 2.02. The summed E-state index contributed by atoms with van der Waals surface area (Å²) in [5, 5.41) is 0. The van der Waals surface area contributed by atoms with Crippen LogP contribution >= 0.6 is 0 Å². The van der Waals surface area contributed by atoms with Crippen molar-refractivity contribution in [3.05, 3.63) is 0 Å². The Bertz CT molecular complexity index is 118. The van der Waals surface area contributed by atoms with E-state index in [2.05, 4.69) is 18.4 Å². The number of nitrogens with zero attached hydrogens (tertiary/aromatic N) is 1. The molecule has 0 N–H and O–H groups in total. The first-order valence-electron chi connectivity index (χ1n) is 3.42. The van der Waals surface area contributed by atoms with Crippen LogP contribution in [0.2, 0.25) is 0 Å². The van der Waals surface area contributed by atoms with Crippen molar-refractivity contribution in [1.82, 2.24) is 0 Å². The highest BCUT2D eigenvalue weighted by molar-refractivity contribution is 5.77. The molecule has 0 atom stereocenters. The summed E-state index contributed by atoms with van der Waals surface area (Å²) in [4.78, 5) is 0. The van der Waals surface area contributed by atoms with E-state index in [1.807, 2.05) is 0 Å². The maximum absolute atomic E-state index is 2.44. The van der Waals surface area contributed by atoms with Crippen LogP contribution in [0.1, 0.15) is 26.7 Å². The molecule has 0 fully saturated rings. The molecule has 2 heteroatoms. The van der Waals surface area contributed by atoms with Crippen molar-refractivity contribution < 1.29 is 28.6 Å². The minimum Gasteiger partial charge on any atom is -1.00 e. The second-order valence-electron chi connectivity index (χ2n) is 2.42. The second-order valence-corrected chi connectivity index (χ2v) is 2.42. The lowest BCUT2D eigenvalue weighted by Crippen LogP contribution is -3.00. The number of rotatable bonds is 1. The Morgan fingerprint density at radius 3 is 2.44 bits per heavy atom. The molecule has 1 nitrogen and oxygen atoms in total. The Morgan fingerprint density at radius 2 is 2.22 bits per heavy atom. The third-order valence-electron chi connectivity index (χ3n) is 1.89. The van der Waals surface area contributed by atoms with E-state index >= 15 is 0 Å². The van der Waals surface area contributed by atoms with Gasteiger partial charge in [-0.1, -0.05) is 0 Å². The summed E-state index contributed by atoms with van der Waals surface area (Å²) in [6.07, 6.45) is 2.70. The van der Waals surface area contributed by atoms with Crippen LogP contribution in [0.4, 0.5) is 0 Å². The van der Waals surface area contributed by atoms with Gasteiger partial charge in [0.05, 0.1) is 0 Å². The number of hydrogen-bond acceptors (Lipinski definition) is 0. The Labute approximate surface area is 74.2 Å². The van der Waals surface area contributed by atoms with E-state index in [0.29, 0.717) is 0 Å². The molecule has 0 aromatic rings. The first-order valence-corrected chi connectivity index (χ1v) is 3.42. The molecular formula is C7H14IN. The molecule has 54 valence electrons. The smallest absolute Gasteiger partial charge is 0.149 e. The summed E-state index contributed by atoms with van der Waals surface area (Å²) in [5.74, 6) is 0. The van der Waals surface area contributed by atoms with Crippen LogP contribution in [0.15, 0.2) is 0 Å². The van der Waals surface area contributed by atoms with E-state index in [-0.39, 0.29) is 24.0 Å². The summed E-state index contributed by atoms with van der Waals surface area (Å²) in [7, 11) is 0. The van der Waals surface area contributed by atoms with Gasteiger partial charge in [-0.05, 0) is 6.92 Å². The molecule has 9 heavy (non-hydrogen) atoms. The SMILES string of the molecule is CC[N+]1=C(C)CCC1.[I-]. The first kappa shape index (κ1) is 9.40. The van der Waals surface area contributed by atoms with E-state index in [0.717, 1.165) is 0 Å². The van der Waals surface area contributed by atoms with Gasteiger partial charge in [0, 0.05) is 19.8 Å².